The summed E-state index contributed by atoms with van der Waals surface area (Å²) in [7, 11) is 1.40. The van der Waals surface area contributed by atoms with Gasteiger partial charge in [0.15, 0.2) is 18.1 Å². The summed E-state index contributed by atoms with van der Waals surface area (Å²) in [4.78, 5) is 51.6. The fraction of sp³-hybridized carbons (Fsp3) is 0.143. The van der Waals surface area contributed by atoms with E-state index in [1.165, 1.54) is 19.3 Å². The van der Waals surface area contributed by atoms with E-state index in [1.54, 1.807) is 54.6 Å². The number of para-hydroxylation sites is 1. The smallest absolute Gasteiger partial charge is 0.335 e. The highest BCUT2D eigenvalue weighted by Gasteiger charge is 2.37. The van der Waals surface area contributed by atoms with Crippen molar-refractivity contribution in [3.8, 4) is 17.2 Å². The Bertz CT molecular complexity index is 1510. The molecular weight excluding hydrogens is 606 g/mol. The molecule has 0 atom stereocenters. The number of carbonyl (C=O) groups excluding carboxylic acids is 4. The maximum absolute atomic E-state index is 13.2. The van der Waals surface area contributed by atoms with E-state index < -0.39 is 23.8 Å². The predicted molar refractivity (Wildman–Crippen MR) is 153 cm³/mol. The van der Waals surface area contributed by atoms with Gasteiger partial charge in [0, 0.05) is 0 Å². The molecule has 3 aromatic rings. The van der Waals surface area contributed by atoms with Crippen molar-refractivity contribution in [2.45, 2.75) is 6.92 Å². The van der Waals surface area contributed by atoms with Crippen LogP contribution >= 0.6 is 27.5 Å². The van der Waals surface area contributed by atoms with Gasteiger partial charge in [-0.1, -0.05) is 23.7 Å². The number of rotatable bonds is 9. The van der Waals surface area contributed by atoms with Gasteiger partial charge in [-0.25, -0.2) is 9.69 Å². The van der Waals surface area contributed by atoms with Crippen molar-refractivity contribution in [3.63, 3.8) is 0 Å². The number of ether oxygens (including phenoxy) is 3. The lowest BCUT2D eigenvalue weighted by molar-refractivity contribution is -0.122. The van der Waals surface area contributed by atoms with Crippen LogP contribution in [0, 0.1) is 0 Å². The minimum absolute atomic E-state index is 0.226. The largest absolute Gasteiger partial charge is 0.494 e. The number of methoxy groups -OCH3 is 1. The van der Waals surface area contributed by atoms with Gasteiger partial charge in [0.05, 0.1) is 34.6 Å². The van der Waals surface area contributed by atoms with Gasteiger partial charge in [-0.3, -0.25) is 19.7 Å². The quantitative estimate of drug-likeness (QED) is 0.247. The molecule has 10 nitrogen and oxygen atoms in total. The Kier molecular flexibility index (Phi) is 9.08. The molecule has 1 aliphatic rings. The van der Waals surface area contributed by atoms with Crippen LogP contribution in [0.4, 0.5) is 16.2 Å². The lowest BCUT2D eigenvalue weighted by Gasteiger charge is -2.26. The second kappa shape index (κ2) is 12.7. The Morgan fingerprint density at radius 3 is 2.48 bits per heavy atom. The Balaban J connectivity index is 1.55. The normalized spacial score (nSPS) is 14.2. The molecule has 0 saturated carbocycles. The van der Waals surface area contributed by atoms with E-state index in [9.17, 15) is 19.2 Å². The van der Waals surface area contributed by atoms with Crippen LogP contribution in [0.2, 0.25) is 5.02 Å². The Morgan fingerprint density at radius 2 is 1.80 bits per heavy atom. The fourth-order valence-electron chi connectivity index (χ4n) is 3.77. The molecule has 3 aromatic carbocycles. The lowest BCUT2D eigenvalue weighted by atomic mass is 10.1. The van der Waals surface area contributed by atoms with Gasteiger partial charge in [0.2, 0.25) is 0 Å². The standard InChI is InChI=1S/C28H23BrClN3O7/c1-3-39-18-10-8-17(9-11-18)33-27(36)19(26(35)32-28(33)37)12-16-13-20(29)25(23(14-16)38-2)40-15-24(34)31-22-7-5-4-6-21(22)30/h4-14H,3,15H2,1-2H3,(H,31,34)(H,32,35,37)/b19-12+. The summed E-state index contributed by atoms with van der Waals surface area (Å²) < 4.78 is 16.9. The first kappa shape index (κ1) is 28.7. The molecule has 1 aliphatic heterocycles. The number of nitrogens with zero attached hydrogens (tertiary/aromatic N) is 1. The van der Waals surface area contributed by atoms with Crippen LogP contribution in [-0.2, 0) is 14.4 Å². The summed E-state index contributed by atoms with van der Waals surface area (Å²) >= 11 is 9.47. The predicted octanol–water partition coefficient (Wildman–Crippen LogP) is 5.19. The number of barbiturate groups is 1. The van der Waals surface area contributed by atoms with E-state index in [0.29, 0.717) is 33.1 Å². The highest BCUT2D eigenvalue weighted by Crippen LogP contribution is 2.37. The fourth-order valence-corrected chi connectivity index (χ4v) is 4.52. The van der Waals surface area contributed by atoms with Crippen LogP contribution in [0.5, 0.6) is 17.2 Å². The van der Waals surface area contributed by atoms with E-state index in [-0.39, 0.29) is 29.4 Å². The molecule has 0 aromatic heterocycles. The molecule has 206 valence electrons. The third-order valence-electron chi connectivity index (χ3n) is 5.57. The zero-order valence-electron chi connectivity index (χ0n) is 21.3. The monoisotopic (exact) mass is 627 g/mol. The van der Waals surface area contributed by atoms with E-state index in [4.69, 9.17) is 25.8 Å². The summed E-state index contributed by atoms with van der Waals surface area (Å²) in [5.41, 5.74) is 0.840. The molecule has 0 aliphatic carbocycles. The molecule has 40 heavy (non-hydrogen) atoms. The number of anilines is 2. The van der Waals surface area contributed by atoms with Crippen molar-refractivity contribution in [2.75, 3.05) is 30.5 Å². The first-order chi connectivity index (χ1) is 19.2. The van der Waals surface area contributed by atoms with Crippen LogP contribution in [0.1, 0.15) is 12.5 Å². The number of carbonyl (C=O) groups is 4. The summed E-state index contributed by atoms with van der Waals surface area (Å²) in [5.74, 6) is -1.06. The molecule has 1 saturated heterocycles. The van der Waals surface area contributed by atoms with Crippen LogP contribution in [-0.4, -0.2) is 44.1 Å². The minimum Gasteiger partial charge on any atom is -0.494 e. The second-order valence-corrected chi connectivity index (χ2v) is 9.50. The number of urea groups is 1. The van der Waals surface area contributed by atoms with Crippen LogP contribution in [0.25, 0.3) is 6.08 Å². The molecule has 0 unspecified atom stereocenters. The minimum atomic E-state index is -0.867. The Hall–Kier alpha value is -4.35. The summed E-state index contributed by atoms with van der Waals surface area (Å²) in [6.45, 7) is 1.95. The molecule has 1 heterocycles. The first-order valence-corrected chi connectivity index (χ1v) is 13.1. The zero-order valence-corrected chi connectivity index (χ0v) is 23.7. The first-order valence-electron chi connectivity index (χ1n) is 11.9. The van der Waals surface area contributed by atoms with E-state index >= 15 is 0 Å². The van der Waals surface area contributed by atoms with Gasteiger partial charge in [-0.2, -0.15) is 0 Å². The maximum atomic E-state index is 13.2. The molecular formula is C28H23BrClN3O7. The van der Waals surface area contributed by atoms with Gasteiger partial charge in [-0.15, -0.1) is 0 Å². The number of hydrogen-bond acceptors (Lipinski definition) is 7. The van der Waals surface area contributed by atoms with Crippen LogP contribution in [0.3, 0.4) is 0 Å². The molecule has 5 amide bonds. The zero-order chi connectivity index (χ0) is 28.8. The van der Waals surface area contributed by atoms with Crippen LogP contribution < -0.4 is 29.7 Å². The number of imide groups is 2. The van der Waals surface area contributed by atoms with Crippen molar-refractivity contribution in [1.82, 2.24) is 5.32 Å². The van der Waals surface area contributed by atoms with Gasteiger partial charge in [0.1, 0.15) is 11.3 Å². The molecule has 2 N–H and O–H groups in total. The highest BCUT2D eigenvalue weighted by atomic mass is 79.9. The van der Waals surface area contributed by atoms with Crippen molar-refractivity contribution >= 4 is 68.7 Å². The summed E-state index contributed by atoms with van der Waals surface area (Å²) in [6, 6.07) is 15.4. The summed E-state index contributed by atoms with van der Waals surface area (Å²) in [6.07, 6.45) is 1.33. The molecule has 1 fully saturated rings. The second-order valence-electron chi connectivity index (χ2n) is 8.24. The summed E-state index contributed by atoms with van der Waals surface area (Å²) in [5, 5.41) is 5.23. The number of benzene rings is 3. The van der Waals surface area contributed by atoms with Crippen molar-refractivity contribution < 1.29 is 33.4 Å². The Morgan fingerprint density at radius 1 is 1.07 bits per heavy atom. The SMILES string of the molecule is CCOc1ccc(N2C(=O)NC(=O)/C(=C\c3cc(Br)c(OCC(=O)Nc4ccccc4Cl)c(OC)c3)C2=O)cc1. The van der Waals surface area contributed by atoms with Gasteiger partial charge >= 0.3 is 6.03 Å². The van der Waals surface area contributed by atoms with E-state index in [2.05, 4.69) is 26.6 Å². The van der Waals surface area contributed by atoms with E-state index in [1.807, 2.05) is 6.92 Å². The van der Waals surface area contributed by atoms with Crippen LogP contribution in [0.15, 0.2) is 70.7 Å². The van der Waals surface area contributed by atoms with E-state index in [0.717, 1.165) is 4.90 Å². The average Bonchev–Trinajstić information content (AvgIpc) is 2.92. The maximum Gasteiger partial charge on any atom is 0.335 e. The molecule has 12 heteroatoms. The topological polar surface area (TPSA) is 123 Å². The van der Waals surface area contributed by atoms with Gasteiger partial charge in [0.25, 0.3) is 17.7 Å². The lowest BCUT2D eigenvalue weighted by Crippen LogP contribution is -2.54. The Labute approximate surface area is 243 Å². The molecule has 0 spiro atoms. The van der Waals surface area contributed by atoms with Gasteiger partial charge in [-0.05, 0) is 83.0 Å². The van der Waals surface area contributed by atoms with Crippen molar-refractivity contribution in [1.29, 1.82) is 0 Å². The average molecular weight is 629 g/mol. The third kappa shape index (κ3) is 6.44. The van der Waals surface area contributed by atoms with Crippen molar-refractivity contribution in [3.05, 3.63) is 81.3 Å². The molecule has 4 rings (SSSR count). The number of halogens is 2. The number of hydrogen-bond donors (Lipinski definition) is 2. The van der Waals surface area contributed by atoms with Crippen molar-refractivity contribution in [2.24, 2.45) is 0 Å². The molecule has 0 bridgehead atoms. The highest BCUT2D eigenvalue weighted by molar-refractivity contribution is 9.10. The third-order valence-corrected chi connectivity index (χ3v) is 6.48. The molecule has 0 radical (unpaired) electrons. The number of nitrogens with one attached hydrogen (secondary N) is 2. The van der Waals surface area contributed by atoms with Gasteiger partial charge < -0.3 is 19.5 Å². The number of amides is 5.